The summed E-state index contributed by atoms with van der Waals surface area (Å²) in [6.45, 7) is 0. The lowest BCUT2D eigenvalue weighted by molar-refractivity contribution is 1.05. The molecule has 148 valence electrons. The van der Waals surface area contributed by atoms with E-state index in [9.17, 15) is 0 Å². The quantitative estimate of drug-likeness (QED) is 0.330. The van der Waals surface area contributed by atoms with Gasteiger partial charge in [-0.3, -0.25) is 0 Å². The fourth-order valence-corrected chi connectivity index (χ4v) is 10.8. The smallest absolute Gasteiger partial charge is 0.00315 e. The van der Waals surface area contributed by atoms with Gasteiger partial charge in [-0.1, -0.05) is 121 Å². The Balaban J connectivity index is 1.57. The zero-order valence-electron chi connectivity index (χ0n) is 17.1. The lowest BCUT2D eigenvalue weighted by atomic mass is 10.4. The molecule has 0 bridgehead atoms. The molecule has 0 aromatic heterocycles. The fraction of sp³-hybridized carbons (Fsp3) is 0.143. The van der Waals surface area contributed by atoms with E-state index in [4.69, 9.17) is 0 Å². The molecule has 1 fully saturated rings. The minimum absolute atomic E-state index is 0.373. The van der Waals surface area contributed by atoms with E-state index in [1.165, 1.54) is 40.2 Å². The van der Waals surface area contributed by atoms with E-state index in [0.29, 0.717) is 5.16 Å². The summed E-state index contributed by atoms with van der Waals surface area (Å²) in [4.78, 5) is 0. The number of hydrogen-bond donors (Lipinski definition) is 0. The molecule has 5 rings (SSSR count). The van der Waals surface area contributed by atoms with Crippen LogP contribution in [0.3, 0.4) is 0 Å². The van der Waals surface area contributed by atoms with E-state index in [1.54, 1.807) is 0 Å². The van der Waals surface area contributed by atoms with Gasteiger partial charge in [0, 0.05) is 5.16 Å². The fourth-order valence-electron chi connectivity index (χ4n) is 4.29. The molecular weight excluding hydrogens is 398 g/mol. The van der Waals surface area contributed by atoms with Gasteiger partial charge in [-0.2, -0.15) is 0 Å². The average Bonchev–Trinajstić information content (AvgIpc) is 3.60. The van der Waals surface area contributed by atoms with Crippen LogP contribution in [-0.2, 0) is 0 Å². The molecule has 0 nitrogen and oxygen atoms in total. The summed E-state index contributed by atoms with van der Waals surface area (Å²) in [7, 11) is -0.753. The lowest BCUT2D eigenvalue weighted by Crippen LogP contribution is -2.28. The van der Waals surface area contributed by atoms with Crippen molar-refractivity contribution >= 4 is 37.1 Å². The maximum atomic E-state index is 2.35. The normalized spacial score (nSPS) is 14.7. The van der Waals surface area contributed by atoms with Gasteiger partial charge < -0.3 is 0 Å². The predicted molar refractivity (Wildman–Crippen MR) is 135 cm³/mol. The lowest BCUT2D eigenvalue weighted by Gasteiger charge is -2.32. The average molecular weight is 424 g/mol. The van der Waals surface area contributed by atoms with Crippen molar-refractivity contribution in [1.82, 2.24) is 0 Å². The summed E-state index contributed by atoms with van der Waals surface area (Å²) < 4.78 is 0. The van der Waals surface area contributed by atoms with E-state index in [2.05, 4.69) is 121 Å². The second kappa shape index (κ2) is 8.85. The van der Waals surface area contributed by atoms with Crippen LogP contribution in [0.1, 0.15) is 12.8 Å². The maximum Gasteiger partial charge on any atom is 0.00315 e. The molecule has 0 N–H and O–H groups in total. The summed E-state index contributed by atoms with van der Waals surface area (Å²) in [5, 5.41) is 6.44. The Kier molecular flexibility index (Phi) is 5.81. The van der Waals surface area contributed by atoms with Crippen molar-refractivity contribution in [2.24, 2.45) is 0 Å². The van der Waals surface area contributed by atoms with Gasteiger partial charge in [0.25, 0.3) is 0 Å². The Hall–Kier alpha value is -2.26. The van der Waals surface area contributed by atoms with Gasteiger partial charge in [-0.15, -0.1) is 0 Å². The number of benzene rings is 4. The first-order chi connectivity index (χ1) is 14.9. The zero-order valence-corrected chi connectivity index (χ0v) is 18.9. The molecule has 1 aliphatic carbocycles. The van der Waals surface area contributed by atoms with Gasteiger partial charge in [0.2, 0.25) is 0 Å². The first-order valence-corrected chi connectivity index (χ1v) is 13.5. The van der Waals surface area contributed by atoms with Crippen LogP contribution in [0.2, 0.25) is 0 Å². The van der Waals surface area contributed by atoms with Crippen molar-refractivity contribution in [2.75, 3.05) is 6.16 Å². The van der Waals surface area contributed by atoms with Crippen LogP contribution >= 0.6 is 15.8 Å². The maximum absolute atomic E-state index is 2.35. The predicted octanol–water partition coefficient (Wildman–Crippen LogP) is 5.78. The minimum atomic E-state index is -0.380. The van der Waals surface area contributed by atoms with Gasteiger partial charge in [0.05, 0.1) is 0 Å². The molecule has 0 unspecified atom stereocenters. The molecule has 0 heterocycles. The second-order valence-corrected chi connectivity index (χ2v) is 12.8. The highest BCUT2D eigenvalue weighted by molar-refractivity contribution is 7.78. The van der Waals surface area contributed by atoms with Gasteiger partial charge in [-0.25, -0.2) is 0 Å². The first kappa shape index (κ1) is 19.7. The van der Waals surface area contributed by atoms with Crippen molar-refractivity contribution in [3.05, 3.63) is 121 Å². The summed E-state index contributed by atoms with van der Waals surface area (Å²) >= 11 is 0. The molecule has 0 amide bonds. The first-order valence-electron chi connectivity index (χ1n) is 10.6. The number of hydrogen-bond acceptors (Lipinski definition) is 0. The van der Waals surface area contributed by atoms with E-state index in [1.807, 2.05) is 0 Å². The Morgan fingerprint density at radius 2 is 0.800 bits per heavy atom. The van der Waals surface area contributed by atoms with E-state index >= 15 is 0 Å². The minimum Gasteiger partial charge on any atom is -0.0622 e. The topological polar surface area (TPSA) is 0 Å². The van der Waals surface area contributed by atoms with E-state index in [0.717, 1.165) is 0 Å². The molecule has 0 saturated heterocycles. The van der Waals surface area contributed by atoms with Crippen LogP contribution in [0.5, 0.6) is 0 Å². The van der Waals surface area contributed by atoms with Crippen LogP contribution in [-0.4, -0.2) is 11.3 Å². The molecule has 0 aliphatic heterocycles. The molecule has 4 aromatic rings. The highest BCUT2D eigenvalue weighted by atomic mass is 31.1. The molecule has 1 saturated carbocycles. The Morgan fingerprint density at radius 1 is 0.467 bits per heavy atom. The third kappa shape index (κ3) is 4.13. The van der Waals surface area contributed by atoms with Gasteiger partial charge in [-0.05, 0) is 56.1 Å². The van der Waals surface area contributed by atoms with Crippen LogP contribution in [0.4, 0.5) is 0 Å². The standard InChI is InChI=1S/C28H26P2/c1-5-13-24(14-6-1)29(25-15-7-2-8-16-25)23-28(21-22-28)30(26-17-9-3-10-18-26)27-19-11-4-12-20-27/h1-20H,21-23H2. The Labute approximate surface area is 182 Å². The van der Waals surface area contributed by atoms with Crippen LogP contribution in [0, 0.1) is 0 Å². The van der Waals surface area contributed by atoms with E-state index in [-0.39, 0.29) is 15.8 Å². The van der Waals surface area contributed by atoms with Gasteiger partial charge in [0.15, 0.2) is 0 Å². The third-order valence-electron chi connectivity index (χ3n) is 5.92. The molecular formula is C28H26P2. The molecule has 30 heavy (non-hydrogen) atoms. The Morgan fingerprint density at radius 3 is 1.13 bits per heavy atom. The Bertz CT molecular complexity index is 980. The molecule has 0 atom stereocenters. The van der Waals surface area contributed by atoms with Gasteiger partial charge in [0.1, 0.15) is 0 Å². The van der Waals surface area contributed by atoms with Crippen molar-refractivity contribution in [3.63, 3.8) is 0 Å². The molecule has 0 spiro atoms. The SMILES string of the molecule is c1ccc(P(CC2(P(c3ccccc3)c3ccccc3)CC2)c2ccccc2)cc1. The van der Waals surface area contributed by atoms with E-state index < -0.39 is 0 Å². The third-order valence-corrected chi connectivity index (χ3v) is 12.1. The molecule has 2 heteroatoms. The van der Waals surface area contributed by atoms with Crippen molar-refractivity contribution < 1.29 is 0 Å². The van der Waals surface area contributed by atoms with Crippen LogP contribution < -0.4 is 21.2 Å². The van der Waals surface area contributed by atoms with Crippen molar-refractivity contribution in [3.8, 4) is 0 Å². The van der Waals surface area contributed by atoms with Crippen molar-refractivity contribution in [2.45, 2.75) is 18.0 Å². The van der Waals surface area contributed by atoms with Crippen LogP contribution in [0.15, 0.2) is 121 Å². The van der Waals surface area contributed by atoms with Crippen LogP contribution in [0.25, 0.3) is 0 Å². The molecule has 1 aliphatic rings. The summed E-state index contributed by atoms with van der Waals surface area (Å²) in [5.41, 5.74) is 0. The zero-order chi connectivity index (χ0) is 20.2. The highest BCUT2D eigenvalue weighted by Gasteiger charge is 2.51. The van der Waals surface area contributed by atoms with Gasteiger partial charge >= 0.3 is 0 Å². The highest BCUT2D eigenvalue weighted by Crippen LogP contribution is 2.66. The monoisotopic (exact) mass is 424 g/mol. The summed E-state index contributed by atoms with van der Waals surface area (Å²) in [5.74, 6) is 0. The van der Waals surface area contributed by atoms with Crippen molar-refractivity contribution in [1.29, 1.82) is 0 Å². The molecule has 0 radical (unpaired) electrons. The second-order valence-electron chi connectivity index (χ2n) is 7.99. The summed E-state index contributed by atoms with van der Waals surface area (Å²) in [6.07, 6.45) is 3.94. The summed E-state index contributed by atoms with van der Waals surface area (Å²) in [6, 6.07) is 44.9. The number of rotatable bonds is 7. The largest absolute Gasteiger partial charge is 0.0622 e. The molecule has 4 aromatic carbocycles.